The first kappa shape index (κ1) is 16.8. The van der Waals surface area contributed by atoms with E-state index in [4.69, 9.17) is 4.74 Å². The fraction of sp³-hybridized carbons (Fsp3) is 0.200. The van der Waals surface area contributed by atoms with Crippen LogP contribution < -0.4 is 9.46 Å². The quantitative estimate of drug-likeness (QED) is 0.618. The first-order valence-corrected chi connectivity index (χ1v) is 8.42. The predicted octanol–water partition coefficient (Wildman–Crippen LogP) is 3.18. The Morgan fingerprint density at radius 1 is 1.13 bits per heavy atom. The number of sulfonamides is 1. The number of nitro groups is 1. The minimum Gasteiger partial charge on any atom is -0.491 e. The summed E-state index contributed by atoms with van der Waals surface area (Å²) < 4.78 is 32.8. The molecule has 0 spiro atoms. The van der Waals surface area contributed by atoms with Crippen molar-refractivity contribution < 1.29 is 18.1 Å². The van der Waals surface area contributed by atoms with E-state index in [0.717, 1.165) is 12.5 Å². The molecule has 8 heteroatoms. The van der Waals surface area contributed by atoms with Crippen LogP contribution in [0, 0.1) is 10.1 Å². The lowest BCUT2D eigenvalue weighted by Crippen LogP contribution is -2.15. The van der Waals surface area contributed by atoms with Gasteiger partial charge < -0.3 is 4.74 Å². The van der Waals surface area contributed by atoms with Crippen LogP contribution >= 0.6 is 0 Å². The lowest BCUT2D eigenvalue weighted by molar-refractivity contribution is -0.387. The third-order valence-electron chi connectivity index (χ3n) is 2.94. The summed E-state index contributed by atoms with van der Waals surface area (Å²) in [5.41, 5.74) is -0.244. The first-order chi connectivity index (χ1) is 11.0. The molecule has 0 heterocycles. The van der Waals surface area contributed by atoms with Gasteiger partial charge in [0, 0.05) is 6.07 Å². The van der Waals surface area contributed by atoms with Crippen LogP contribution in [0.25, 0.3) is 0 Å². The number of nitro benzene ring substituents is 1. The summed E-state index contributed by atoms with van der Waals surface area (Å²) in [6.45, 7) is 2.37. The van der Waals surface area contributed by atoms with E-state index in [1.807, 2.05) is 6.92 Å². The van der Waals surface area contributed by atoms with Gasteiger partial charge in [0.25, 0.3) is 15.7 Å². The molecule has 0 aliphatic rings. The molecule has 0 radical (unpaired) electrons. The molecule has 1 N–H and O–H groups in total. The highest BCUT2D eigenvalue weighted by molar-refractivity contribution is 7.92. The van der Waals surface area contributed by atoms with Gasteiger partial charge in [-0.05, 0) is 24.6 Å². The summed E-state index contributed by atoms with van der Waals surface area (Å²) in [5, 5.41) is 11.0. The molecule has 2 aromatic carbocycles. The van der Waals surface area contributed by atoms with Crippen LogP contribution in [0.3, 0.4) is 0 Å². The summed E-state index contributed by atoms with van der Waals surface area (Å²) >= 11 is 0. The Morgan fingerprint density at radius 2 is 1.78 bits per heavy atom. The fourth-order valence-corrected chi connectivity index (χ4v) is 3.17. The second-order valence-corrected chi connectivity index (χ2v) is 6.33. The van der Waals surface area contributed by atoms with E-state index in [1.165, 1.54) is 24.3 Å². The van der Waals surface area contributed by atoms with Crippen molar-refractivity contribution in [1.29, 1.82) is 0 Å². The number of hydrogen-bond acceptors (Lipinski definition) is 5. The van der Waals surface area contributed by atoms with E-state index in [-0.39, 0.29) is 5.69 Å². The van der Waals surface area contributed by atoms with Crippen LogP contribution in [0.5, 0.6) is 5.75 Å². The summed E-state index contributed by atoms with van der Waals surface area (Å²) in [7, 11) is -4.11. The number of para-hydroxylation sites is 3. The molecule has 0 fully saturated rings. The number of benzene rings is 2. The summed E-state index contributed by atoms with van der Waals surface area (Å²) in [6.07, 6.45) is 0.769. The number of rotatable bonds is 7. The molecular formula is C15H16N2O5S. The lowest BCUT2D eigenvalue weighted by Gasteiger charge is -2.13. The maximum atomic E-state index is 12.5. The zero-order chi connectivity index (χ0) is 16.9. The highest BCUT2D eigenvalue weighted by Gasteiger charge is 2.25. The van der Waals surface area contributed by atoms with Crippen LogP contribution in [0.1, 0.15) is 13.3 Å². The van der Waals surface area contributed by atoms with Crippen LogP contribution in [0.2, 0.25) is 0 Å². The molecule has 2 aromatic rings. The van der Waals surface area contributed by atoms with Crippen LogP contribution in [-0.4, -0.2) is 19.9 Å². The molecule has 0 saturated heterocycles. The molecule has 0 bridgehead atoms. The molecule has 122 valence electrons. The molecule has 0 unspecified atom stereocenters. The zero-order valence-electron chi connectivity index (χ0n) is 12.4. The van der Waals surface area contributed by atoms with Gasteiger partial charge in [-0.3, -0.25) is 14.8 Å². The first-order valence-electron chi connectivity index (χ1n) is 6.93. The van der Waals surface area contributed by atoms with Gasteiger partial charge in [0.2, 0.25) is 0 Å². The van der Waals surface area contributed by atoms with Gasteiger partial charge in [0.1, 0.15) is 5.75 Å². The molecular weight excluding hydrogens is 320 g/mol. The fourth-order valence-electron chi connectivity index (χ4n) is 1.92. The molecule has 0 aliphatic carbocycles. The standard InChI is InChI=1S/C15H16N2O5S/c1-2-11-22-14-9-5-3-7-12(14)16-23(20,21)15-10-6-4-8-13(15)17(18)19/h3-10,16H,2,11H2,1H3. The van der Waals surface area contributed by atoms with Gasteiger partial charge >= 0.3 is 0 Å². The van der Waals surface area contributed by atoms with E-state index in [1.54, 1.807) is 18.2 Å². The highest BCUT2D eigenvalue weighted by Crippen LogP contribution is 2.29. The van der Waals surface area contributed by atoms with Crippen LogP contribution in [-0.2, 0) is 10.0 Å². The smallest absolute Gasteiger partial charge is 0.289 e. The number of nitrogens with one attached hydrogen (secondary N) is 1. The Bertz CT molecular complexity index is 805. The van der Waals surface area contributed by atoms with Crippen molar-refractivity contribution >= 4 is 21.4 Å². The Hall–Kier alpha value is -2.61. The Balaban J connectivity index is 2.38. The van der Waals surface area contributed by atoms with Crippen molar-refractivity contribution in [2.24, 2.45) is 0 Å². The molecule has 23 heavy (non-hydrogen) atoms. The number of anilines is 1. The Kier molecular flexibility index (Phi) is 5.17. The lowest BCUT2D eigenvalue weighted by atomic mass is 10.3. The topological polar surface area (TPSA) is 98.5 Å². The molecule has 0 aromatic heterocycles. The number of hydrogen-bond donors (Lipinski definition) is 1. The van der Waals surface area contributed by atoms with Gasteiger partial charge in [-0.25, -0.2) is 8.42 Å². The van der Waals surface area contributed by atoms with Crippen molar-refractivity contribution in [2.45, 2.75) is 18.2 Å². The number of ether oxygens (including phenoxy) is 1. The number of nitrogens with zero attached hydrogens (tertiary/aromatic N) is 1. The molecule has 7 nitrogen and oxygen atoms in total. The Labute approximate surface area is 134 Å². The zero-order valence-corrected chi connectivity index (χ0v) is 13.2. The maximum Gasteiger partial charge on any atom is 0.289 e. The average Bonchev–Trinajstić information content (AvgIpc) is 2.53. The predicted molar refractivity (Wildman–Crippen MR) is 86.1 cm³/mol. The monoisotopic (exact) mass is 336 g/mol. The Morgan fingerprint density at radius 3 is 2.48 bits per heavy atom. The van der Waals surface area contributed by atoms with E-state index in [2.05, 4.69) is 4.72 Å². The van der Waals surface area contributed by atoms with Gasteiger partial charge in [0.15, 0.2) is 4.90 Å². The van der Waals surface area contributed by atoms with Crippen molar-refractivity contribution in [2.75, 3.05) is 11.3 Å². The molecule has 2 rings (SSSR count). The van der Waals surface area contributed by atoms with Gasteiger partial charge in [-0.2, -0.15) is 0 Å². The van der Waals surface area contributed by atoms with Gasteiger partial charge in [-0.15, -0.1) is 0 Å². The summed E-state index contributed by atoms with van der Waals surface area (Å²) in [5.74, 6) is 0.372. The van der Waals surface area contributed by atoms with E-state index in [9.17, 15) is 18.5 Å². The van der Waals surface area contributed by atoms with Crippen molar-refractivity contribution in [3.8, 4) is 5.75 Å². The van der Waals surface area contributed by atoms with Gasteiger partial charge in [-0.1, -0.05) is 31.2 Å². The van der Waals surface area contributed by atoms with E-state index < -0.39 is 25.5 Å². The minimum absolute atomic E-state index is 0.235. The molecule has 0 saturated carbocycles. The van der Waals surface area contributed by atoms with E-state index in [0.29, 0.717) is 12.4 Å². The van der Waals surface area contributed by atoms with Crippen LogP contribution in [0.15, 0.2) is 53.4 Å². The minimum atomic E-state index is -4.11. The largest absolute Gasteiger partial charge is 0.491 e. The molecule has 0 aliphatic heterocycles. The van der Waals surface area contributed by atoms with E-state index >= 15 is 0 Å². The third-order valence-corrected chi connectivity index (χ3v) is 4.36. The second kappa shape index (κ2) is 7.10. The second-order valence-electron chi connectivity index (χ2n) is 4.67. The molecule has 0 atom stereocenters. The summed E-state index contributed by atoms with van der Waals surface area (Å²) in [4.78, 5) is 9.90. The third kappa shape index (κ3) is 3.98. The van der Waals surface area contributed by atoms with Gasteiger partial charge in [0.05, 0.1) is 17.2 Å². The maximum absolute atomic E-state index is 12.5. The van der Waals surface area contributed by atoms with Crippen molar-refractivity contribution in [3.05, 3.63) is 58.6 Å². The van der Waals surface area contributed by atoms with Crippen LogP contribution in [0.4, 0.5) is 11.4 Å². The van der Waals surface area contributed by atoms with Crippen molar-refractivity contribution in [1.82, 2.24) is 0 Å². The summed E-state index contributed by atoms with van der Waals surface area (Å²) in [6, 6.07) is 11.7. The SMILES string of the molecule is CCCOc1ccccc1NS(=O)(=O)c1ccccc1[N+](=O)[O-]. The molecule has 0 amide bonds. The van der Waals surface area contributed by atoms with Crippen molar-refractivity contribution in [3.63, 3.8) is 0 Å². The highest BCUT2D eigenvalue weighted by atomic mass is 32.2. The normalized spacial score (nSPS) is 11.0. The average molecular weight is 336 g/mol.